The van der Waals surface area contributed by atoms with E-state index >= 15 is 0 Å². The zero-order valence-corrected chi connectivity index (χ0v) is 10.5. The molecular formula is C10H21NO2S. The summed E-state index contributed by atoms with van der Waals surface area (Å²) in [6, 6.07) is 0. The Morgan fingerprint density at radius 2 is 2.00 bits per heavy atom. The quantitative estimate of drug-likeness (QED) is 0.759. The lowest BCUT2D eigenvalue weighted by Gasteiger charge is -2.25. The van der Waals surface area contributed by atoms with E-state index in [0.29, 0.717) is 17.5 Å². The summed E-state index contributed by atoms with van der Waals surface area (Å²) >= 11 is 1.62. The third-order valence-corrected chi connectivity index (χ3v) is 2.67. The molecule has 0 atom stereocenters. The maximum absolute atomic E-state index is 11.5. The van der Waals surface area contributed by atoms with Crippen LogP contribution in [-0.2, 0) is 4.79 Å². The second-order valence-corrected chi connectivity index (χ2v) is 5.99. The largest absolute Gasteiger partial charge is 0.389 e. The zero-order chi connectivity index (χ0) is 11.4. The smallest absolute Gasteiger partial charge is 0.232 e. The molecule has 14 heavy (non-hydrogen) atoms. The van der Waals surface area contributed by atoms with Crippen molar-refractivity contribution in [2.45, 2.75) is 38.5 Å². The topological polar surface area (TPSA) is 40.5 Å². The van der Waals surface area contributed by atoms with Crippen LogP contribution >= 0.6 is 11.8 Å². The van der Waals surface area contributed by atoms with Gasteiger partial charge in [-0.15, -0.1) is 11.8 Å². The molecule has 0 bridgehead atoms. The second-order valence-electron chi connectivity index (χ2n) is 4.42. The molecular weight excluding hydrogens is 198 g/mol. The van der Waals surface area contributed by atoms with Crippen molar-refractivity contribution in [1.82, 2.24) is 4.90 Å². The van der Waals surface area contributed by atoms with Crippen molar-refractivity contribution in [2.75, 3.05) is 19.3 Å². The molecule has 1 amide bonds. The Labute approximate surface area is 90.9 Å². The highest BCUT2D eigenvalue weighted by molar-refractivity contribution is 8.00. The summed E-state index contributed by atoms with van der Waals surface area (Å²) in [7, 11) is 1.72. The predicted octanol–water partition coefficient (Wildman–Crippen LogP) is 1.36. The minimum atomic E-state index is -0.813. The van der Waals surface area contributed by atoms with Gasteiger partial charge in [0.1, 0.15) is 0 Å². The van der Waals surface area contributed by atoms with Gasteiger partial charge in [0, 0.05) is 13.6 Å². The van der Waals surface area contributed by atoms with Crippen molar-refractivity contribution in [1.29, 1.82) is 0 Å². The van der Waals surface area contributed by atoms with Crippen molar-refractivity contribution in [3.63, 3.8) is 0 Å². The normalized spacial score (nSPS) is 11.9. The van der Waals surface area contributed by atoms with Crippen LogP contribution in [0.25, 0.3) is 0 Å². The number of hydrogen-bond acceptors (Lipinski definition) is 3. The number of carbonyl (C=O) groups is 1. The predicted molar refractivity (Wildman–Crippen MR) is 61.5 cm³/mol. The lowest BCUT2D eigenvalue weighted by atomic mass is 10.1. The molecule has 0 aromatic rings. The summed E-state index contributed by atoms with van der Waals surface area (Å²) < 4.78 is 0. The van der Waals surface area contributed by atoms with Crippen LogP contribution in [-0.4, -0.2) is 46.1 Å². The third-order valence-electron chi connectivity index (χ3n) is 1.59. The average molecular weight is 219 g/mol. The number of thioether (sulfide) groups is 1. The fourth-order valence-corrected chi connectivity index (χ4v) is 1.71. The molecule has 1 N–H and O–H groups in total. The van der Waals surface area contributed by atoms with Crippen LogP contribution in [0.1, 0.15) is 27.7 Å². The van der Waals surface area contributed by atoms with E-state index in [9.17, 15) is 9.90 Å². The van der Waals surface area contributed by atoms with E-state index in [0.717, 1.165) is 0 Å². The van der Waals surface area contributed by atoms with E-state index in [2.05, 4.69) is 13.8 Å². The lowest BCUT2D eigenvalue weighted by molar-refractivity contribution is -0.129. The summed E-state index contributed by atoms with van der Waals surface area (Å²) in [5.74, 6) is 0.565. The number of nitrogens with zero attached hydrogens (tertiary/aromatic N) is 1. The molecule has 0 aliphatic carbocycles. The minimum absolute atomic E-state index is 0.0748. The van der Waals surface area contributed by atoms with Gasteiger partial charge in [0.2, 0.25) is 5.91 Å². The molecule has 0 heterocycles. The van der Waals surface area contributed by atoms with E-state index in [4.69, 9.17) is 0 Å². The fraction of sp³-hybridized carbons (Fsp3) is 0.900. The molecule has 4 heteroatoms. The van der Waals surface area contributed by atoms with Crippen molar-refractivity contribution in [2.24, 2.45) is 0 Å². The van der Waals surface area contributed by atoms with Gasteiger partial charge in [-0.3, -0.25) is 4.79 Å². The van der Waals surface area contributed by atoms with Crippen LogP contribution in [0.15, 0.2) is 0 Å². The van der Waals surface area contributed by atoms with Gasteiger partial charge in [-0.1, -0.05) is 13.8 Å². The lowest BCUT2D eigenvalue weighted by Crippen LogP contribution is -2.40. The maximum atomic E-state index is 11.5. The van der Waals surface area contributed by atoms with Crippen LogP contribution in [0, 0.1) is 0 Å². The van der Waals surface area contributed by atoms with E-state index < -0.39 is 5.60 Å². The Kier molecular flexibility index (Phi) is 5.52. The molecule has 0 rings (SSSR count). The first kappa shape index (κ1) is 13.8. The second kappa shape index (κ2) is 5.61. The molecule has 0 spiro atoms. The molecule has 84 valence electrons. The van der Waals surface area contributed by atoms with Gasteiger partial charge in [-0.25, -0.2) is 0 Å². The van der Waals surface area contributed by atoms with Crippen molar-refractivity contribution in [3.05, 3.63) is 0 Å². The van der Waals surface area contributed by atoms with E-state index in [-0.39, 0.29) is 5.91 Å². The molecule has 0 saturated carbocycles. The third kappa shape index (κ3) is 7.21. The van der Waals surface area contributed by atoms with E-state index in [1.165, 1.54) is 0 Å². The molecule has 3 nitrogen and oxygen atoms in total. The summed E-state index contributed by atoms with van der Waals surface area (Å²) in [5, 5.41) is 9.98. The zero-order valence-electron chi connectivity index (χ0n) is 9.70. The maximum Gasteiger partial charge on any atom is 0.232 e. The molecule has 0 aromatic heterocycles. The highest BCUT2D eigenvalue weighted by Gasteiger charge is 2.19. The monoisotopic (exact) mass is 219 g/mol. The number of hydrogen-bond donors (Lipinski definition) is 1. The molecule has 0 aromatic carbocycles. The SMILES string of the molecule is CC(C)SCC(=O)N(C)CC(C)(C)O. The van der Waals surface area contributed by atoms with Crippen LogP contribution in [0.4, 0.5) is 0 Å². The van der Waals surface area contributed by atoms with Crippen LogP contribution in [0.5, 0.6) is 0 Å². The summed E-state index contributed by atoms with van der Waals surface area (Å²) in [6.07, 6.45) is 0. The number of carbonyl (C=O) groups excluding carboxylic acids is 1. The number of likely N-dealkylation sites (N-methyl/N-ethyl adjacent to an activating group) is 1. The summed E-state index contributed by atoms with van der Waals surface area (Å²) in [4.78, 5) is 13.1. The van der Waals surface area contributed by atoms with Crippen LogP contribution in [0.2, 0.25) is 0 Å². The highest BCUT2D eigenvalue weighted by Crippen LogP contribution is 2.11. The molecule has 0 saturated heterocycles. The number of aliphatic hydroxyl groups is 1. The van der Waals surface area contributed by atoms with Gasteiger partial charge in [0.15, 0.2) is 0 Å². The van der Waals surface area contributed by atoms with E-state index in [1.54, 1.807) is 37.6 Å². The highest BCUT2D eigenvalue weighted by atomic mass is 32.2. The van der Waals surface area contributed by atoms with Crippen molar-refractivity contribution >= 4 is 17.7 Å². The molecule has 0 aliphatic rings. The molecule has 0 radical (unpaired) electrons. The molecule has 0 unspecified atom stereocenters. The summed E-state index contributed by atoms with van der Waals surface area (Å²) in [5.41, 5.74) is -0.813. The van der Waals surface area contributed by atoms with Gasteiger partial charge in [-0.2, -0.15) is 0 Å². The van der Waals surface area contributed by atoms with E-state index in [1.807, 2.05) is 0 Å². The van der Waals surface area contributed by atoms with Crippen molar-refractivity contribution in [3.8, 4) is 0 Å². The van der Waals surface area contributed by atoms with Crippen LogP contribution in [0.3, 0.4) is 0 Å². The Hall–Kier alpha value is -0.220. The number of amides is 1. The van der Waals surface area contributed by atoms with Crippen molar-refractivity contribution < 1.29 is 9.90 Å². The van der Waals surface area contributed by atoms with Gasteiger partial charge >= 0.3 is 0 Å². The Bertz CT molecular complexity index is 187. The summed E-state index contributed by atoms with van der Waals surface area (Å²) in [6.45, 7) is 7.91. The Morgan fingerprint density at radius 3 is 2.36 bits per heavy atom. The van der Waals surface area contributed by atoms with Gasteiger partial charge in [-0.05, 0) is 19.1 Å². The van der Waals surface area contributed by atoms with Gasteiger partial charge in [0.05, 0.1) is 11.4 Å². The molecule has 0 aliphatic heterocycles. The Morgan fingerprint density at radius 1 is 1.50 bits per heavy atom. The number of rotatable bonds is 5. The van der Waals surface area contributed by atoms with Gasteiger partial charge < -0.3 is 10.0 Å². The standard InChI is InChI=1S/C10H21NO2S/c1-8(2)14-6-9(12)11(5)7-10(3,4)13/h8,13H,6-7H2,1-5H3. The fourth-order valence-electron chi connectivity index (χ4n) is 1.02. The Balaban J connectivity index is 3.88. The first-order valence-electron chi connectivity index (χ1n) is 4.80. The van der Waals surface area contributed by atoms with Gasteiger partial charge in [0.25, 0.3) is 0 Å². The molecule has 0 fully saturated rings. The first-order chi connectivity index (χ1) is 6.22. The average Bonchev–Trinajstić information content (AvgIpc) is 1.96. The minimum Gasteiger partial charge on any atom is -0.389 e. The van der Waals surface area contributed by atoms with Crippen LogP contribution < -0.4 is 0 Å². The first-order valence-corrected chi connectivity index (χ1v) is 5.85.